The van der Waals surface area contributed by atoms with Crippen molar-refractivity contribution in [2.24, 2.45) is 0 Å². The monoisotopic (exact) mass is 221 g/mol. The van der Waals surface area contributed by atoms with Crippen molar-refractivity contribution in [3.05, 3.63) is 29.6 Å². The lowest BCUT2D eigenvalue weighted by Crippen LogP contribution is -2.27. The summed E-state index contributed by atoms with van der Waals surface area (Å²) in [7, 11) is 0. The molecule has 0 atom stereocenters. The van der Waals surface area contributed by atoms with E-state index in [2.05, 4.69) is 22.5 Å². The van der Waals surface area contributed by atoms with Crippen molar-refractivity contribution in [2.75, 3.05) is 19.6 Å². The van der Waals surface area contributed by atoms with E-state index in [1.165, 1.54) is 0 Å². The summed E-state index contributed by atoms with van der Waals surface area (Å²) < 4.78 is 0. The van der Waals surface area contributed by atoms with Gasteiger partial charge in [-0.1, -0.05) is 6.92 Å². The van der Waals surface area contributed by atoms with Gasteiger partial charge < -0.3 is 10.6 Å². The first kappa shape index (κ1) is 12.6. The number of aromatic nitrogens is 1. The fourth-order valence-corrected chi connectivity index (χ4v) is 1.30. The average Bonchev–Trinajstić information content (AvgIpc) is 2.29. The first-order valence-electron chi connectivity index (χ1n) is 5.65. The van der Waals surface area contributed by atoms with Crippen molar-refractivity contribution in [3.8, 4) is 0 Å². The number of pyridine rings is 1. The molecular weight excluding hydrogens is 202 g/mol. The Morgan fingerprint density at radius 1 is 1.38 bits per heavy atom. The van der Waals surface area contributed by atoms with Crippen molar-refractivity contribution in [2.45, 2.75) is 20.3 Å². The zero-order chi connectivity index (χ0) is 11.8. The van der Waals surface area contributed by atoms with Crippen molar-refractivity contribution in [3.63, 3.8) is 0 Å². The van der Waals surface area contributed by atoms with E-state index in [1.54, 1.807) is 12.3 Å². The smallest absolute Gasteiger partial charge is 0.252 e. The second-order valence-electron chi connectivity index (χ2n) is 3.65. The predicted octanol–water partition coefficient (Wildman–Crippen LogP) is 1.12. The highest BCUT2D eigenvalue weighted by atomic mass is 16.1. The molecule has 1 amide bonds. The molecule has 1 aromatic rings. The van der Waals surface area contributed by atoms with E-state index in [0.717, 1.165) is 25.2 Å². The Morgan fingerprint density at radius 2 is 2.19 bits per heavy atom. The van der Waals surface area contributed by atoms with Crippen molar-refractivity contribution >= 4 is 5.91 Å². The van der Waals surface area contributed by atoms with Crippen LogP contribution in [-0.2, 0) is 0 Å². The third-order valence-electron chi connectivity index (χ3n) is 2.24. The molecule has 0 spiro atoms. The Balaban J connectivity index is 2.27. The summed E-state index contributed by atoms with van der Waals surface area (Å²) in [5, 5.41) is 6.06. The Kier molecular flexibility index (Phi) is 5.50. The predicted molar refractivity (Wildman–Crippen MR) is 64.5 cm³/mol. The van der Waals surface area contributed by atoms with E-state index in [1.807, 2.05) is 13.0 Å². The van der Waals surface area contributed by atoms with Gasteiger partial charge in [-0.3, -0.25) is 9.78 Å². The van der Waals surface area contributed by atoms with Crippen molar-refractivity contribution < 1.29 is 4.79 Å². The van der Waals surface area contributed by atoms with E-state index in [9.17, 15) is 4.79 Å². The van der Waals surface area contributed by atoms with Gasteiger partial charge in [-0.25, -0.2) is 0 Å². The Labute approximate surface area is 96.5 Å². The number of hydrogen-bond donors (Lipinski definition) is 2. The van der Waals surface area contributed by atoms with E-state index < -0.39 is 0 Å². The van der Waals surface area contributed by atoms with Gasteiger partial charge in [-0.2, -0.15) is 0 Å². The minimum absolute atomic E-state index is 0.0519. The summed E-state index contributed by atoms with van der Waals surface area (Å²) in [5.41, 5.74) is 1.54. The molecule has 0 fully saturated rings. The zero-order valence-corrected chi connectivity index (χ0v) is 9.92. The SMILES string of the molecule is CCNCCCNC(=O)c1ccc(C)nc1. The maximum absolute atomic E-state index is 11.6. The van der Waals surface area contributed by atoms with E-state index in [0.29, 0.717) is 12.1 Å². The minimum Gasteiger partial charge on any atom is -0.352 e. The molecule has 0 aromatic carbocycles. The van der Waals surface area contributed by atoms with Crippen LogP contribution in [0, 0.1) is 6.92 Å². The number of carbonyl (C=O) groups is 1. The molecule has 0 unspecified atom stereocenters. The largest absolute Gasteiger partial charge is 0.352 e. The molecule has 88 valence electrons. The first-order chi connectivity index (χ1) is 7.74. The van der Waals surface area contributed by atoms with Gasteiger partial charge in [0, 0.05) is 18.4 Å². The average molecular weight is 221 g/mol. The van der Waals surface area contributed by atoms with Crippen LogP contribution in [-0.4, -0.2) is 30.5 Å². The summed E-state index contributed by atoms with van der Waals surface area (Å²) in [5.74, 6) is -0.0519. The molecule has 16 heavy (non-hydrogen) atoms. The van der Waals surface area contributed by atoms with Gasteiger partial charge in [0.2, 0.25) is 0 Å². The number of nitrogens with zero attached hydrogens (tertiary/aromatic N) is 1. The number of hydrogen-bond acceptors (Lipinski definition) is 3. The normalized spacial score (nSPS) is 10.1. The van der Waals surface area contributed by atoms with E-state index in [-0.39, 0.29) is 5.91 Å². The number of nitrogens with one attached hydrogen (secondary N) is 2. The second kappa shape index (κ2) is 6.95. The fraction of sp³-hybridized carbons (Fsp3) is 0.500. The lowest BCUT2D eigenvalue weighted by molar-refractivity contribution is 0.0953. The van der Waals surface area contributed by atoms with Gasteiger partial charge >= 0.3 is 0 Å². The van der Waals surface area contributed by atoms with Crippen LogP contribution in [0.1, 0.15) is 29.4 Å². The summed E-state index contributed by atoms with van der Waals surface area (Å²) in [4.78, 5) is 15.7. The second-order valence-corrected chi connectivity index (χ2v) is 3.65. The highest BCUT2D eigenvalue weighted by molar-refractivity contribution is 5.93. The van der Waals surface area contributed by atoms with Crippen LogP contribution in [0.2, 0.25) is 0 Å². The summed E-state index contributed by atoms with van der Waals surface area (Å²) >= 11 is 0. The summed E-state index contributed by atoms with van der Waals surface area (Å²) in [6.07, 6.45) is 2.55. The van der Waals surface area contributed by atoms with Crippen LogP contribution < -0.4 is 10.6 Å². The molecule has 0 saturated heterocycles. The third-order valence-corrected chi connectivity index (χ3v) is 2.24. The molecular formula is C12H19N3O. The topological polar surface area (TPSA) is 54.0 Å². The maximum atomic E-state index is 11.6. The summed E-state index contributed by atoms with van der Waals surface area (Å²) in [6, 6.07) is 3.63. The molecule has 4 nitrogen and oxygen atoms in total. The van der Waals surface area contributed by atoms with E-state index >= 15 is 0 Å². The molecule has 0 aliphatic carbocycles. The maximum Gasteiger partial charge on any atom is 0.252 e. The number of aryl methyl sites for hydroxylation is 1. The van der Waals surface area contributed by atoms with Gasteiger partial charge in [0.1, 0.15) is 0 Å². The van der Waals surface area contributed by atoms with E-state index in [4.69, 9.17) is 0 Å². The molecule has 0 bridgehead atoms. The number of amides is 1. The highest BCUT2D eigenvalue weighted by Gasteiger charge is 2.03. The van der Waals surface area contributed by atoms with Crippen molar-refractivity contribution in [1.29, 1.82) is 0 Å². The lowest BCUT2D eigenvalue weighted by Gasteiger charge is -2.05. The van der Waals surface area contributed by atoms with Gasteiger partial charge in [0.05, 0.1) is 5.56 Å². The van der Waals surface area contributed by atoms with Gasteiger partial charge in [-0.15, -0.1) is 0 Å². The standard InChI is InChI=1S/C12H19N3O/c1-3-13-7-4-8-14-12(16)11-6-5-10(2)15-9-11/h5-6,9,13H,3-4,7-8H2,1-2H3,(H,14,16). The molecule has 0 radical (unpaired) electrons. The molecule has 0 aliphatic heterocycles. The van der Waals surface area contributed by atoms with Gasteiger partial charge in [-0.05, 0) is 38.6 Å². The summed E-state index contributed by atoms with van der Waals surface area (Å²) in [6.45, 7) is 6.56. The zero-order valence-electron chi connectivity index (χ0n) is 9.92. The molecule has 2 N–H and O–H groups in total. The molecule has 1 heterocycles. The van der Waals surface area contributed by atoms with Gasteiger partial charge in [0.25, 0.3) is 5.91 Å². The highest BCUT2D eigenvalue weighted by Crippen LogP contribution is 1.98. The fourth-order valence-electron chi connectivity index (χ4n) is 1.30. The Bertz CT molecular complexity index is 322. The van der Waals surface area contributed by atoms with Crippen molar-refractivity contribution in [1.82, 2.24) is 15.6 Å². The number of carbonyl (C=O) groups excluding carboxylic acids is 1. The van der Waals surface area contributed by atoms with Crippen LogP contribution in [0.4, 0.5) is 0 Å². The van der Waals surface area contributed by atoms with Crippen LogP contribution in [0.5, 0.6) is 0 Å². The number of rotatable bonds is 6. The van der Waals surface area contributed by atoms with Crippen LogP contribution in [0.15, 0.2) is 18.3 Å². The van der Waals surface area contributed by atoms with Crippen LogP contribution in [0.3, 0.4) is 0 Å². The molecule has 1 rings (SSSR count). The lowest BCUT2D eigenvalue weighted by atomic mass is 10.2. The Hall–Kier alpha value is -1.42. The third kappa shape index (κ3) is 4.40. The molecule has 0 saturated carbocycles. The molecule has 0 aliphatic rings. The quantitative estimate of drug-likeness (QED) is 0.708. The molecule has 1 aromatic heterocycles. The van der Waals surface area contributed by atoms with Crippen LogP contribution >= 0.6 is 0 Å². The Morgan fingerprint density at radius 3 is 2.81 bits per heavy atom. The molecule has 4 heteroatoms. The van der Waals surface area contributed by atoms with Crippen LogP contribution in [0.25, 0.3) is 0 Å². The van der Waals surface area contributed by atoms with Gasteiger partial charge in [0.15, 0.2) is 0 Å². The first-order valence-corrected chi connectivity index (χ1v) is 5.65. The minimum atomic E-state index is -0.0519.